The van der Waals surface area contributed by atoms with Gasteiger partial charge in [-0.15, -0.1) is 0 Å². The topological polar surface area (TPSA) is 65.4 Å². The van der Waals surface area contributed by atoms with E-state index in [2.05, 4.69) is 45.2 Å². The molecule has 178 valence electrons. The first-order valence-corrected chi connectivity index (χ1v) is 12.4. The van der Waals surface area contributed by atoms with Crippen LogP contribution in [0.1, 0.15) is 32.6 Å². The summed E-state index contributed by atoms with van der Waals surface area (Å²) in [6.07, 6.45) is 6.15. The zero-order valence-electron chi connectivity index (χ0n) is 19.8. The summed E-state index contributed by atoms with van der Waals surface area (Å²) in [6.45, 7) is 2.95. The molecule has 6 nitrogen and oxygen atoms in total. The van der Waals surface area contributed by atoms with Crippen molar-refractivity contribution in [3.8, 4) is 22.9 Å². The van der Waals surface area contributed by atoms with E-state index in [1.165, 1.54) is 23.9 Å². The minimum Gasteiger partial charge on any atom is -0.446 e. The van der Waals surface area contributed by atoms with Gasteiger partial charge in [0.05, 0.1) is 5.52 Å². The van der Waals surface area contributed by atoms with Gasteiger partial charge in [-0.25, -0.2) is 9.78 Å². The molecule has 6 heteroatoms. The number of nitrogens with zero attached hydrogens (tertiary/aromatic N) is 2. The number of rotatable bonds is 8. The number of aromatic nitrogens is 2. The van der Waals surface area contributed by atoms with Crippen molar-refractivity contribution < 1.29 is 14.3 Å². The van der Waals surface area contributed by atoms with E-state index in [9.17, 15) is 4.79 Å². The number of anilines is 1. The highest BCUT2D eigenvalue weighted by Crippen LogP contribution is 2.38. The number of hydrogen-bond acceptors (Lipinski definition) is 4. The van der Waals surface area contributed by atoms with Gasteiger partial charge in [-0.2, -0.15) is 0 Å². The second-order valence-electron chi connectivity index (χ2n) is 9.72. The zero-order chi connectivity index (χ0) is 23.8. The quantitative estimate of drug-likeness (QED) is 0.296. The van der Waals surface area contributed by atoms with Crippen molar-refractivity contribution in [1.29, 1.82) is 0 Å². The summed E-state index contributed by atoms with van der Waals surface area (Å²) in [5.41, 5.74) is 4.16. The molecule has 2 fully saturated rings. The molecule has 0 radical (unpaired) electrons. The lowest BCUT2D eigenvalue weighted by Gasteiger charge is -2.14. The van der Waals surface area contributed by atoms with Gasteiger partial charge in [-0.1, -0.05) is 18.2 Å². The summed E-state index contributed by atoms with van der Waals surface area (Å²) >= 11 is 0. The van der Waals surface area contributed by atoms with Crippen molar-refractivity contribution in [3.63, 3.8) is 0 Å². The van der Waals surface area contributed by atoms with E-state index < -0.39 is 0 Å². The molecule has 4 aromatic rings. The molecule has 2 heterocycles. The van der Waals surface area contributed by atoms with Crippen molar-refractivity contribution >= 4 is 22.7 Å². The summed E-state index contributed by atoms with van der Waals surface area (Å²) < 4.78 is 13.9. The highest BCUT2D eigenvalue weighted by Gasteiger charge is 2.30. The summed E-state index contributed by atoms with van der Waals surface area (Å²) in [6, 6.07) is 22.1. The van der Waals surface area contributed by atoms with Gasteiger partial charge in [0.2, 0.25) is 5.88 Å². The molecule has 6 rings (SSSR count). The van der Waals surface area contributed by atoms with Gasteiger partial charge in [0.15, 0.2) is 0 Å². The third-order valence-corrected chi connectivity index (χ3v) is 6.88. The molecule has 2 aromatic heterocycles. The fraction of sp³-hybridized carbons (Fsp3) is 0.310. The van der Waals surface area contributed by atoms with Crippen LogP contribution in [0.5, 0.6) is 11.6 Å². The van der Waals surface area contributed by atoms with Crippen LogP contribution in [0.3, 0.4) is 0 Å². The molecule has 0 spiro atoms. The monoisotopic (exact) mass is 467 g/mol. The van der Waals surface area contributed by atoms with Crippen LogP contribution in [-0.2, 0) is 11.3 Å². The number of benzene rings is 2. The molecule has 1 amide bonds. The minimum absolute atomic E-state index is 0.0288. The van der Waals surface area contributed by atoms with E-state index in [-0.39, 0.29) is 12.2 Å². The smallest absolute Gasteiger partial charge is 0.411 e. The predicted molar refractivity (Wildman–Crippen MR) is 137 cm³/mol. The molecule has 35 heavy (non-hydrogen) atoms. The number of amides is 1. The number of carbonyl (C=O) groups is 1. The van der Waals surface area contributed by atoms with Crippen molar-refractivity contribution in [1.82, 2.24) is 9.55 Å². The normalized spacial score (nSPS) is 16.1. The second-order valence-corrected chi connectivity index (χ2v) is 9.72. The maximum absolute atomic E-state index is 12.2. The summed E-state index contributed by atoms with van der Waals surface area (Å²) in [5, 5.41) is 4.03. The van der Waals surface area contributed by atoms with Crippen LogP contribution in [-0.4, -0.2) is 21.7 Å². The molecule has 0 bridgehead atoms. The Hall–Kier alpha value is -3.80. The second kappa shape index (κ2) is 9.10. The number of hydrogen-bond donors (Lipinski definition) is 1. The van der Waals surface area contributed by atoms with Gasteiger partial charge in [0.1, 0.15) is 11.9 Å². The Morgan fingerprint density at radius 1 is 1.06 bits per heavy atom. The maximum Gasteiger partial charge on any atom is 0.411 e. The summed E-state index contributed by atoms with van der Waals surface area (Å²) in [5.74, 6) is 2.59. The molecule has 0 aliphatic heterocycles. The fourth-order valence-corrected chi connectivity index (χ4v) is 4.52. The van der Waals surface area contributed by atoms with Crippen LogP contribution in [0.25, 0.3) is 22.2 Å². The first-order valence-electron chi connectivity index (χ1n) is 12.4. The van der Waals surface area contributed by atoms with Gasteiger partial charge >= 0.3 is 6.09 Å². The highest BCUT2D eigenvalue weighted by atomic mass is 16.6. The number of carbonyl (C=O) groups excluding carboxylic acids is 1. The highest BCUT2D eigenvalue weighted by molar-refractivity contribution is 5.89. The molecule has 2 saturated carbocycles. The van der Waals surface area contributed by atoms with E-state index in [4.69, 9.17) is 9.47 Å². The van der Waals surface area contributed by atoms with Crippen LogP contribution >= 0.6 is 0 Å². The van der Waals surface area contributed by atoms with Crippen LogP contribution in [0.15, 0.2) is 72.9 Å². The third-order valence-electron chi connectivity index (χ3n) is 6.88. The summed E-state index contributed by atoms with van der Waals surface area (Å²) in [7, 11) is 0. The van der Waals surface area contributed by atoms with Crippen molar-refractivity contribution in [2.75, 3.05) is 5.32 Å². The van der Waals surface area contributed by atoms with Gasteiger partial charge in [0, 0.05) is 41.6 Å². The Kier molecular flexibility index (Phi) is 5.64. The summed E-state index contributed by atoms with van der Waals surface area (Å²) in [4.78, 5) is 16.5. The van der Waals surface area contributed by atoms with E-state index in [0.717, 1.165) is 41.9 Å². The maximum atomic E-state index is 12.2. The van der Waals surface area contributed by atoms with E-state index in [1.807, 2.05) is 43.3 Å². The Bertz CT molecular complexity index is 1340. The largest absolute Gasteiger partial charge is 0.446 e. The van der Waals surface area contributed by atoms with Gasteiger partial charge in [-0.3, -0.25) is 5.32 Å². The van der Waals surface area contributed by atoms with Gasteiger partial charge in [-0.05, 0) is 86.4 Å². The lowest BCUT2D eigenvalue weighted by atomic mass is 10.1. The van der Waals surface area contributed by atoms with E-state index in [0.29, 0.717) is 17.7 Å². The van der Waals surface area contributed by atoms with Crippen LogP contribution < -0.4 is 10.1 Å². The number of nitrogens with one attached hydrogen (secondary N) is 1. The first kappa shape index (κ1) is 21.7. The van der Waals surface area contributed by atoms with Crippen molar-refractivity contribution in [2.45, 2.75) is 45.3 Å². The Labute approximate surface area is 204 Å². The molecule has 0 unspecified atom stereocenters. The zero-order valence-corrected chi connectivity index (χ0v) is 19.8. The number of pyridine rings is 1. The molecule has 2 aliphatic carbocycles. The molecular weight excluding hydrogens is 438 g/mol. The third kappa shape index (κ3) is 5.02. The molecule has 0 saturated heterocycles. The van der Waals surface area contributed by atoms with Crippen LogP contribution in [0.2, 0.25) is 0 Å². The van der Waals surface area contributed by atoms with Crippen molar-refractivity contribution in [2.24, 2.45) is 11.8 Å². The SMILES string of the molecule is C[C@@H](OC(=O)Nc1ccc(-c2cc3ccc(Oc4ccccn4)cc3n2CC2CC2)cc1)C1CC1. The van der Waals surface area contributed by atoms with Crippen molar-refractivity contribution in [3.05, 3.63) is 72.9 Å². The Morgan fingerprint density at radius 3 is 2.60 bits per heavy atom. The Morgan fingerprint density at radius 2 is 1.89 bits per heavy atom. The van der Waals surface area contributed by atoms with E-state index >= 15 is 0 Å². The number of ether oxygens (including phenoxy) is 2. The molecule has 1 atom stereocenters. The van der Waals surface area contributed by atoms with Crippen LogP contribution in [0, 0.1) is 11.8 Å². The lowest BCUT2D eigenvalue weighted by molar-refractivity contribution is 0.108. The van der Waals surface area contributed by atoms with Crippen LogP contribution in [0.4, 0.5) is 10.5 Å². The van der Waals surface area contributed by atoms with Gasteiger partial charge < -0.3 is 14.0 Å². The minimum atomic E-state index is -0.388. The standard InChI is InChI=1S/C29H29N3O3/c1-19(21-7-8-21)34-29(33)31-24-12-9-22(10-13-24)26-16-23-11-14-25(35-28-4-2-3-15-30-28)17-27(23)32(26)18-20-5-6-20/h2-4,9-17,19-21H,5-8,18H2,1H3,(H,31,33)/t19-/m1/s1. The van der Waals surface area contributed by atoms with E-state index in [1.54, 1.807) is 6.20 Å². The van der Waals surface area contributed by atoms with Gasteiger partial charge in [0.25, 0.3) is 0 Å². The molecular formula is C29H29N3O3. The molecule has 2 aliphatic rings. The number of fused-ring (bicyclic) bond motifs is 1. The average molecular weight is 468 g/mol. The molecule has 2 aromatic carbocycles. The predicted octanol–water partition coefficient (Wildman–Crippen LogP) is 7.25. The molecule has 1 N–H and O–H groups in total. The fourth-order valence-electron chi connectivity index (χ4n) is 4.52. The Balaban J connectivity index is 1.25. The average Bonchev–Trinajstić information content (AvgIpc) is 3.79. The lowest BCUT2D eigenvalue weighted by Crippen LogP contribution is -2.21. The first-order chi connectivity index (χ1) is 17.1.